The fourth-order valence-electron chi connectivity index (χ4n) is 1.13. The van der Waals surface area contributed by atoms with E-state index < -0.39 is 0 Å². The Morgan fingerprint density at radius 3 is 3.17 bits per heavy atom. The average molecular weight is 165 g/mol. The van der Waals surface area contributed by atoms with E-state index in [1.165, 1.54) is 6.07 Å². The van der Waals surface area contributed by atoms with Crippen molar-refractivity contribution in [1.29, 1.82) is 0 Å². The summed E-state index contributed by atoms with van der Waals surface area (Å²) >= 11 is 0. The number of nitrogens with one attached hydrogen (secondary N) is 1. The third kappa shape index (κ3) is 0.922. The molecule has 0 radical (unpaired) electrons. The van der Waals surface area contributed by atoms with Crippen LogP contribution in [-0.4, -0.2) is 16.4 Å². The number of rotatable bonds is 1. The second-order valence-electron chi connectivity index (χ2n) is 2.48. The molecule has 0 aliphatic carbocycles. The number of anilines is 1. The maximum absolute atomic E-state index is 13.1. The monoisotopic (exact) mass is 165 g/mol. The van der Waals surface area contributed by atoms with Crippen molar-refractivity contribution >= 4 is 11.3 Å². The second-order valence-corrected chi connectivity index (χ2v) is 2.48. The molecule has 62 valence electrons. The normalized spacial score (nSPS) is 10.5. The van der Waals surface area contributed by atoms with E-state index in [4.69, 9.17) is 0 Å². The van der Waals surface area contributed by atoms with Crippen molar-refractivity contribution in [2.75, 3.05) is 12.4 Å². The average Bonchev–Trinajstić information content (AvgIpc) is 2.52. The van der Waals surface area contributed by atoms with Gasteiger partial charge < -0.3 is 9.72 Å². The largest absolute Gasteiger partial charge is 0.387 e. The van der Waals surface area contributed by atoms with E-state index >= 15 is 0 Å². The number of hydrogen-bond donors (Lipinski definition) is 1. The van der Waals surface area contributed by atoms with E-state index in [2.05, 4.69) is 10.3 Å². The van der Waals surface area contributed by atoms with Crippen molar-refractivity contribution in [3.8, 4) is 0 Å². The summed E-state index contributed by atoms with van der Waals surface area (Å²) in [6.07, 6.45) is 5.06. The molecule has 3 nitrogen and oxygen atoms in total. The number of aromatic nitrogens is 2. The molecule has 0 unspecified atom stereocenters. The van der Waals surface area contributed by atoms with E-state index in [0.717, 1.165) is 5.69 Å². The predicted octanol–water partition coefficient (Wildman–Crippen LogP) is 1.52. The van der Waals surface area contributed by atoms with Gasteiger partial charge in [-0.1, -0.05) is 0 Å². The molecule has 2 heterocycles. The van der Waals surface area contributed by atoms with Crippen LogP contribution in [0.25, 0.3) is 5.65 Å². The van der Waals surface area contributed by atoms with Gasteiger partial charge >= 0.3 is 0 Å². The summed E-state index contributed by atoms with van der Waals surface area (Å²) in [7, 11) is 1.75. The molecule has 2 rings (SSSR count). The van der Waals surface area contributed by atoms with Crippen molar-refractivity contribution in [2.45, 2.75) is 0 Å². The first-order valence-electron chi connectivity index (χ1n) is 3.61. The molecule has 0 bridgehead atoms. The second kappa shape index (κ2) is 2.48. The van der Waals surface area contributed by atoms with E-state index in [-0.39, 0.29) is 5.82 Å². The molecule has 0 fully saturated rings. The first-order chi connectivity index (χ1) is 5.81. The number of nitrogens with zero attached hydrogens (tertiary/aromatic N) is 2. The van der Waals surface area contributed by atoms with Crippen LogP contribution >= 0.6 is 0 Å². The highest BCUT2D eigenvalue weighted by atomic mass is 19.1. The summed E-state index contributed by atoms with van der Waals surface area (Å²) in [5.74, 6) is -0.313. The van der Waals surface area contributed by atoms with Crippen molar-refractivity contribution < 1.29 is 4.39 Å². The zero-order valence-corrected chi connectivity index (χ0v) is 6.58. The van der Waals surface area contributed by atoms with Crippen LogP contribution < -0.4 is 5.32 Å². The summed E-state index contributed by atoms with van der Waals surface area (Å²) in [6.45, 7) is 0. The van der Waals surface area contributed by atoms with Gasteiger partial charge in [0.2, 0.25) is 0 Å². The molecular weight excluding hydrogens is 157 g/mol. The van der Waals surface area contributed by atoms with Gasteiger partial charge in [0, 0.05) is 31.7 Å². The van der Waals surface area contributed by atoms with Gasteiger partial charge in [0.05, 0.1) is 5.69 Å². The minimum Gasteiger partial charge on any atom is -0.387 e. The number of hydrogen-bond acceptors (Lipinski definition) is 2. The van der Waals surface area contributed by atoms with Gasteiger partial charge in [-0.3, -0.25) is 0 Å². The topological polar surface area (TPSA) is 29.3 Å². The molecule has 0 spiro atoms. The van der Waals surface area contributed by atoms with Gasteiger partial charge in [-0.15, -0.1) is 0 Å². The zero-order chi connectivity index (χ0) is 8.55. The number of pyridine rings is 1. The van der Waals surface area contributed by atoms with E-state index in [0.29, 0.717) is 5.65 Å². The van der Waals surface area contributed by atoms with Crippen molar-refractivity contribution in [2.24, 2.45) is 0 Å². The minimum atomic E-state index is -0.313. The summed E-state index contributed by atoms with van der Waals surface area (Å²) in [5.41, 5.74) is 1.09. The van der Waals surface area contributed by atoms with Crippen LogP contribution in [-0.2, 0) is 0 Å². The molecule has 12 heavy (non-hydrogen) atoms. The lowest BCUT2D eigenvalue weighted by Gasteiger charge is -2.01. The summed E-state index contributed by atoms with van der Waals surface area (Å²) < 4.78 is 14.8. The van der Waals surface area contributed by atoms with Gasteiger partial charge in [-0.25, -0.2) is 9.37 Å². The van der Waals surface area contributed by atoms with Crippen molar-refractivity contribution in [3.63, 3.8) is 0 Å². The maximum atomic E-state index is 13.1. The number of fused-ring (bicyclic) bond motifs is 1. The highest BCUT2D eigenvalue weighted by molar-refractivity contribution is 5.50. The van der Waals surface area contributed by atoms with Crippen LogP contribution in [0.3, 0.4) is 0 Å². The van der Waals surface area contributed by atoms with Crippen molar-refractivity contribution in [1.82, 2.24) is 9.38 Å². The van der Waals surface area contributed by atoms with Gasteiger partial charge in [-0.05, 0) is 0 Å². The molecule has 0 saturated carbocycles. The van der Waals surface area contributed by atoms with Crippen LogP contribution in [0, 0.1) is 5.82 Å². The molecule has 4 heteroatoms. The van der Waals surface area contributed by atoms with Crippen molar-refractivity contribution in [3.05, 3.63) is 30.5 Å². The zero-order valence-electron chi connectivity index (χ0n) is 6.58. The molecule has 0 saturated heterocycles. The number of imidazole rings is 1. The first-order valence-corrected chi connectivity index (χ1v) is 3.61. The Morgan fingerprint density at radius 1 is 1.58 bits per heavy atom. The van der Waals surface area contributed by atoms with E-state index in [1.54, 1.807) is 30.0 Å². The maximum Gasteiger partial charge on any atom is 0.173 e. The molecule has 1 N–H and O–H groups in total. The number of halogens is 1. The Morgan fingerprint density at radius 2 is 2.42 bits per heavy atom. The Kier molecular flexibility index (Phi) is 1.46. The lowest BCUT2D eigenvalue weighted by molar-refractivity contribution is 0.630. The minimum absolute atomic E-state index is 0.313. The van der Waals surface area contributed by atoms with E-state index in [1.807, 2.05) is 0 Å². The highest BCUT2D eigenvalue weighted by Gasteiger charge is 2.02. The fourth-order valence-corrected chi connectivity index (χ4v) is 1.13. The van der Waals surface area contributed by atoms with Crippen LogP contribution in [0.4, 0.5) is 10.1 Å². The molecule has 0 aliphatic heterocycles. The summed E-state index contributed by atoms with van der Waals surface area (Å²) in [4.78, 5) is 3.85. The molecule has 0 amide bonds. The van der Waals surface area contributed by atoms with Gasteiger partial charge in [-0.2, -0.15) is 0 Å². The standard InChI is InChI=1S/C8H8FN3/c1-10-6-4-7(9)8-11-2-3-12(8)5-6/h2-5,10H,1H3. The molecular formula is C8H8FN3. The third-order valence-corrected chi connectivity index (χ3v) is 1.73. The molecule has 2 aromatic rings. The predicted molar refractivity (Wildman–Crippen MR) is 44.7 cm³/mol. The van der Waals surface area contributed by atoms with Crippen LogP contribution in [0.2, 0.25) is 0 Å². The Hall–Kier alpha value is -1.58. The molecule has 2 aromatic heterocycles. The highest BCUT2D eigenvalue weighted by Crippen LogP contribution is 2.13. The smallest absolute Gasteiger partial charge is 0.173 e. The molecule has 0 aliphatic rings. The quantitative estimate of drug-likeness (QED) is 0.694. The summed E-state index contributed by atoms with van der Waals surface area (Å²) in [5, 5.41) is 2.86. The van der Waals surface area contributed by atoms with Crippen LogP contribution in [0.1, 0.15) is 0 Å². The Bertz CT molecular complexity index is 408. The summed E-state index contributed by atoms with van der Waals surface area (Å²) in [6, 6.07) is 1.42. The molecule has 0 aromatic carbocycles. The van der Waals surface area contributed by atoms with Gasteiger partial charge in [0.25, 0.3) is 0 Å². The first kappa shape index (κ1) is 7.09. The molecule has 0 atom stereocenters. The third-order valence-electron chi connectivity index (χ3n) is 1.73. The Labute approximate surface area is 68.8 Å². The van der Waals surface area contributed by atoms with Crippen LogP contribution in [0.5, 0.6) is 0 Å². The van der Waals surface area contributed by atoms with Gasteiger partial charge in [0.1, 0.15) is 0 Å². The van der Waals surface area contributed by atoms with Crippen LogP contribution in [0.15, 0.2) is 24.7 Å². The Balaban J connectivity index is 2.75. The SMILES string of the molecule is CNc1cc(F)c2nccn2c1. The van der Waals surface area contributed by atoms with E-state index in [9.17, 15) is 4.39 Å². The lowest BCUT2D eigenvalue weighted by atomic mass is 10.4. The lowest BCUT2D eigenvalue weighted by Crippen LogP contribution is -1.94. The fraction of sp³-hybridized carbons (Fsp3) is 0.125. The van der Waals surface area contributed by atoms with Gasteiger partial charge in [0.15, 0.2) is 11.5 Å².